The molecule has 0 radical (unpaired) electrons. The van der Waals surface area contributed by atoms with Gasteiger partial charge in [0, 0.05) is 6.54 Å². The summed E-state index contributed by atoms with van der Waals surface area (Å²) in [6.45, 7) is 2.03. The molecule has 0 aliphatic heterocycles. The van der Waals surface area contributed by atoms with E-state index in [1.54, 1.807) is 6.92 Å². The Labute approximate surface area is 87.3 Å². The first-order chi connectivity index (χ1) is 6.96. The topological polar surface area (TPSA) is 63.2 Å². The molecule has 4 nitrogen and oxygen atoms in total. The maximum atomic E-state index is 12.8. The van der Waals surface area contributed by atoms with Crippen LogP contribution < -0.4 is 5.32 Å². The molecule has 82 valence electrons. The highest BCUT2D eigenvalue weighted by Crippen LogP contribution is 2.17. The van der Waals surface area contributed by atoms with E-state index < -0.39 is 21.0 Å². The number of hydrogen-bond acceptors (Lipinski definition) is 3. The van der Waals surface area contributed by atoms with Gasteiger partial charge in [-0.15, -0.1) is 3.89 Å². The normalized spacial score (nSPS) is 11.1. The first kappa shape index (κ1) is 11.6. The van der Waals surface area contributed by atoms with Gasteiger partial charge < -0.3 is 5.32 Å². The fourth-order valence-corrected chi connectivity index (χ4v) is 1.79. The van der Waals surface area contributed by atoms with Gasteiger partial charge in [0.2, 0.25) is 0 Å². The lowest BCUT2D eigenvalue weighted by molar-refractivity contribution is 0.0952. The van der Waals surface area contributed by atoms with Gasteiger partial charge in [-0.3, -0.25) is 4.79 Å². The number of carbonyl (C=O) groups excluding carboxylic acids is 1. The first-order valence-electron chi connectivity index (χ1n) is 4.28. The Morgan fingerprint density at radius 2 is 2.00 bits per heavy atom. The Morgan fingerprint density at radius 3 is 2.53 bits per heavy atom. The van der Waals surface area contributed by atoms with Crippen LogP contribution in [0.5, 0.6) is 0 Å². The van der Waals surface area contributed by atoms with Gasteiger partial charge in [0.1, 0.15) is 4.90 Å². The van der Waals surface area contributed by atoms with Crippen molar-refractivity contribution in [3.8, 4) is 0 Å². The van der Waals surface area contributed by atoms with Crippen molar-refractivity contribution in [1.29, 1.82) is 0 Å². The molecule has 1 aromatic rings. The molecule has 1 amide bonds. The number of benzene rings is 1. The van der Waals surface area contributed by atoms with Crippen LogP contribution in [0.2, 0.25) is 0 Å². The quantitative estimate of drug-likeness (QED) is 0.792. The lowest BCUT2D eigenvalue weighted by atomic mass is 10.2. The summed E-state index contributed by atoms with van der Waals surface area (Å²) < 4.78 is 34.2. The van der Waals surface area contributed by atoms with Crippen LogP contribution in [0.1, 0.15) is 17.3 Å². The van der Waals surface area contributed by atoms with Gasteiger partial charge in [-0.25, -0.2) is 0 Å². The summed E-state index contributed by atoms with van der Waals surface area (Å²) in [7, 11) is -4.86. The highest BCUT2D eigenvalue weighted by Gasteiger charge is 2.20. The van der Waals surface area contributed by atoms with Gasteiger partial charge in [-0.1, -0.05) is 12.1 Å². The van der Waals surface area contributed by atoms with Crippen molar-refractivity contribution in [1.82, 2.24) is 5.32 Å². The molecule has 6 heteroatoms. The molecule has 0 unspecified atom stereocenters. The Balaban J connectivity index is 3.25. The summed E-state index contributed by atoms with van der Waals surface area (Å²) in [5.74, 6) is -0.602. The van der Waals surface area contributed by atoms with Crippen molar-refractivity contribution < 1.29 is 17.1 Å². The molecule has 0 aromatic heterocycles. The van der Waals surface area contributed by atoms with E-state index in [2.05, 4.69) is 5.32 Å². The zero-order valence-corrected chi connectivity index (χ0v) is 8.84. The monoisotopic (exact) mass is 231 g/mol. The molecule has 0 spiro atoms. The van der Waals surface area contributed by atoms with Crippen LogP contribution in [0.3, 0.4) is 0 Å². The average Bonchev–Trinajstić information content (AvgIpc) is 2.17. The molecule has 0 saturated carbocycles. The van der Waals surface area contributed by atoms with Crippen molar-refractivity contribution in [2.75, 3.05) is 6.54 Å². The number of halogens is 1. The summed E-state index contributed by atoms with van der Waals surface area (Å²) in [6, 6.07) is 5.14. The lowest BCUT2D eigenvalue weighted by Gasteiger charge is -2.05. The fraction of sp³-hybridized carbons (Fsp3) is 0.222. The van der Waals surface area contributed by atoms with E-state index in [0.29, 0.717) is 6.54 Å². The second-order valence-electron chi connectivity index (χ2n) is 2.79. The van der Waals surface area contributed by atoms with Crippen molar-refractivity contribution in [3.63, 3.8) is 0 Å². The van der Waals surface area contributed by atoms with E-state index >= 15 is 0 Å². The Bertz CT molecular complexity index is 470. The molecule has 0 fully saturated rings. The third-order valence-corrected chi connectivity index (χ3v) is 2.61. The second-order valence-corrected chi connectivity index (χ2v) is 4.11. The smallest absolute Gasteiger partial charge is 0.332 e. The molecule has 0 bridgehead atoms. The zero-order valence-electron chi connectivity index (χ0n) is 8.03. The molecule has 0 atom stereocenters. The standard InChI is InChI=1S/C9H10FNO3S/c1-2-11-9(12)7-5-3-4-6-8(7)15(10,13)14/h3-6H,2H2,1H3,(H,11,12). The predicted octanol–water partition coefficient (Wildman–Crippen LogP) is 1.09. The molecule has 0 aliphatic carbocycles. The molecule has 15 heavy (non-hydrogen) atoms. The van der Waals surface area contributed by atoms with Gasteiger partial charge in [0.05, 0.1) is 5.56 Å². The van der Waals surface area contributed by atoms with E-state index in [1.165, 1.54) is 18.2 Å². The average molecular weight is 231 g/mol. The number of amides is 1. The van der Waals surface area contributed by atoms with Crippen molar-refractivity contribution in [2.24, 2.45) is 0 Å². The van der Waals surface area contributed by atoms with Crippen LogP contribution in [0.4, 0.5) is 3.89 Å². The maximum absolute atomic E-state index is 12.8. The fourth-order valence-electron chi connectivity index (χ4n) is 1.12. The Morgan fingerprint density at radius 1 is 1.40 bits per heavy atom. The van der Waals surface area contributed by atoms with Crippen LogP contribution in [0.15, 0.2) is 29.2 Å². The minimum Gasteiger partial charge on any atom is -0.352 e. The molecular weight excluding hydrogens is 221 g/mol. The summed E-state index contributed by atoms with van der Waals surface area (Å²) in [5.41, 5.74) is -0.179. The second kappa shape index (κ2) is 4.39. The summed E-state index contributed by atoms with van der Waals surface area (Å²) in [5, 5.41) is 2.40. The SMILES string of the molecule is CCNC(=O)c1ccccc1S(=O)(=O)F. The minimum absolute atomic E-state index is 0.179. The van der Waals surface area contributed by atoms with Crippen LogP contribution in [0, 0.1) is 0 Å². The highest BCUT2D eigenvalue weighted by molar-refractivity contribution is 7.86. The molecule has 1 N–H and O–H groups in total. The molecule has 1 aromatic carbocycles. The van der Waals surface area contributed by atoms with Gasteiger partial charge in [0.25, 0.3) is 5.91 Å². The van der Waals surface area contributed by atoms with E-state index in [4.69, 9.17) is 0 Å². The van der Waals surface area contributed by atoms with Crippen molar-refractivity contribution in [3.05, 3.63) is 29.8 Å². The van der Waals surface area contributed by atoms with E-state index in [0.717, 1.165) is 6.07 Å². The van der Waals surface area contributed by atoms with Crippen molar-refractivity contribution in [2.45, 2.75) is 11.8 Å². The highest BCUT2D eigenvalue weighted by atomic mass is 32.3. The van der Waals surface area contributed by atoms with Crippen molar-refractivity contribution >= 4 is 16.1 Å². The number of carbonyl (C=O) groups is 1. The van der Waals surface area contributed by atoms with Gasteiger partial charge in [-0.05, 0) is 19.1 Å². The number of hydrogen-bond donors (Lipinski definition) is 1. The maximum Gasteiger partial charge on any atom is 0.332 e. The predicted molar refractivity (Wildman–Crippen MR) is 52.7 cm³/mol. The zero-order chi connectivity index (χ0) is 11.5. The molecule has 0 heterocycles. The van der Waals surface area contributed by atoms with Gasteiger partial charge in [0.15, 0.2) is 0 Å². The largest absolute Gasteiger partial charge is 0.352 e. The molecular formula is C9H10FNO3S. The summed E-state index contributed by atoms with van der Waals surface area (Å²) in [6.07, 6.45) is 0. The van der Waals surface area contributed by atoms with Crippen LogP contribution in [-0.4, -0.2) is 20.9 Å². The Hall–Kier alpha value is -1.43. The van der Waals surface area contributed by atoms with E-state index in [1.807, 2.05) is 0 Å². The molecule has 1 rings (SSSR count). The van der Waals surface area contributed by atoms with Crippen LogP contribution in [-0.2, 0) is 10.2 Å². The molecule has 0 aliphatic rings. The third kappa shape index (κ3) is 2.76. The van der Waals surface area contributed by atoms with Gasteiger partial charge >= 0.3 is 10.2 Å². The minimum atomic E-state index is -4.86. The third-order valence-electron chi connectivity index (χ3n) is 1.73. The van der Waals surface area contributed by atoms with Crippen LogP contribution >= 0.6 is 0 Å². The number of nitrogens with one attached hydrogen (secondary N) is 1. The summed E-state index contributed by atoms with van der Waals surface area (Å²) in [4.78, 5) is 10.8. The van der Waals surface area contributed by atoms with Crippen LogP contribution in [0.25, 0.3) is 0 Å². The number of rotatable bonds is 3. The summed E-state index contributed by atoms with van der Waals surface area (Å²) >= 11 is 0. The molecule has 0 saturated heterocycles. The Kier molecular flexibility index (Phi) is 3.41. The van der Waals surface area contributed by atoms with E-state index in [9.17, 15) is 17.1 Å². The first-order valence-corrected chi connectivity index (χ1v) is 5.67. The lowest BCUT2D eigenvalue weighted by Crippen LogP contribution is -2.24. The van der Waals surface area contributed by atoms with E-state index in [-0.39, 0.29) is 5.56 Å². The van der Waals surface area contributed by atoms with Gasteiger partial charge in [-0.2, -0.15) is 8.42 Å².